The van der Waals surface area contributed by atoms with Crippen molar-refractivity contribution in [2.24, 2.45) is 0 Å². The summed E-state index contributed by atoms with van der Waals surface area (Å²) in [5.74, 6) is 0. The molecule has 2 rings (SSSR count). The standard InChI is InChI=1S/C11H14N2O2.C2H6/c14-13(15)11-7-3-2-6-10(11)12-8-4-1-5-9-12;1-2/h2-3,6-7H,1,4-5,8-9H2;1-2H3. The number of anilines is 1. The molecule has 0 saturated carbocycles. The first-order valence-corrected chi connectivity index (χ1v) is 6.27. The van der Waals surface area contributed by atoms with Crippen molar-refractivity contribution < 1.29 is 4.92 Å². The maximum atomic E-state index is 10.8. The van der Waals surface area contributed by atoms with E-state index in [2.05, 4.69) is 4.90 Å². The van der Waals surface area contributed by atoms with Crippen molar-refractivity contribution >= 4 is 11.4 Å². The lowest BCUT2D eigenvalue weighted by Gasteiger charge is -2.28. The molecule has 0 amide bonds. The highest BCUT2D eigenvalue weighted by atomic mass is 16.6. The molecule has 0 aliphatic carbocycles. The number of nitrogens with zero attached hydrogens (tertiary/aromatic N) is 2. The summed E-state index contributed by atoms with van der Waals surface area (Å²) in [6.45, 7) is 5.87. The lowest BCUT2D eigenvalue weighted by molar-refractivity contribution is -0.384. The minimum absolute atomic E-state index is 0.222. The van der Waals surface area contributed by atoms with E-state index < -0.39 is 0 Å². The van der Waals surface area contributed by atoms with Gasteiger partial charge in [-0.25, -0.2) is 0 Å². The summed E-state index contributed by atoms with van der Waals surface area (Å²) >= 11 is 0. The second-order valence-electron chi connectivity index (χ2n) is 3.79. The smallest absolute Gasteiger partial charge is 0.292 e. The summed E-state index contributed by atoms with van der Waals surface area (Å²) in [5.41, 5.74) is 0.988. The highest BCUT2D eigenvalue weighted by Crippen LogP contribution is 2.29. The van der Waals surface area contributed by atoms with Gasteiger partial charge in [0.2, 0.25) is 0 Å². The second kappa shape index (κ2) is 6.89. The molecule has 1 aliphatic rings. The van der Waals surface area contributed by atoms with Gasteiger partial charge in [-0.05, 0) is 25.3 Å². The highest BCUT2D eigenvalue weighted by Gasteiger charge is 2.19. The third-order valence-corrected chi connectivity index (χ3v) is 2.78. The Morgan fingerprint density at radius 1 is 1.12 bits per heavy atom. The van der Waals surface area contributed by atoms with Gasteiger partial charge in [0.1, 0.15) is 5.69 Å². The predicted octanol–water partition coefficient (Wildman–Crippen LogP) is 3.61. The van der Waals surface area contributed by atoms with E-state index in [9.17, 15) is 10.1 Å². The first kappa shape index (κ1) is 13.5. The van der Waals surface area contributed by atoms with Crippen LogP contribution in [0.4, 0.5) is 11.4 Å². The summed E-state index contributed by atoms with van der Waals surface area (Å²) in [6, 6.07) is 6.98. The average molecular weight is 236 g/mol. The van der Waals surface area contributed by atoms with Gasteiger partial charge < -0.3 is 4.90 Å². The molecule has 0 atom stereocenters. The van der Waals surface area contributed by atoms with Crippen LogP contribution in [0.25, 0.3) is 0 Å². The number of benzene rings is 1. The van der Waals surface area contributed by atoms with Crippen LogP contribution >= 0.6 is 0 Å². The fourth-order valence-electron chi connectivity index (χ4n) is 2.02. The first-order valence-electron chi connectivity index (χ1n) is 6.27. The number of hydrogen-bond donors (Lipinski definition) is 0. The molecular weight excluding hydrogens is 216 g/mol. The Labute approximate surface area is 102 Å². The van der Waals surface area contributed by atoms with Gasteiger partial charge in [-0.2, -0.15) is 0 Å². The summed E-state index contributed by atoms with van der Waals surface area (Å²) in [4.78, 5) is 12.7. The molecule has 0 radical (unpaired) electrons. The van der Waals surface area contributed by atoms with E-state index in [1.54, 1.807) is 12.1 Å². The van der Waals surface area contributed by atoms with Gasteiger partial charge in [0.05, 0.1) is 4.92 Å². The van der Waals surface area contributed by atoms with E-state index in [0.717, 1.165) is 31.6 Å². The van der Waals surface area contributed by atoms with Crippen LogP contribution in [0.2, 0.25) is 0 Å². The summed E-state index contributed by atoms with van der Waals surface area (Å²) in [5, 5.41) is 10.8. The van der Waals surface area contributed by atoms with Crippen molar-refractivity contribution in [3.8, 4) is 0 Å². The second-order valence-corrected chi connectivity index (χ2v) is 3.79. The van der Waals surface area contributed by atoms with Crippen LogP contribution < -0.4 is 4.90 Å². The lowest BCUT2D eigenvalue weighted by atomic mass is 10.1. The number of piperidine rings is 1. The first-order chi connectivity index (χ1) is 8.29. The molecule has 1 aromatic rings. The fraction of sp³-hybridized carbons (Fsp3) is 0.538. The summed E-state index contributed by atoms with van der Waals surface area (Å²) in [6.07, 6.45) is 3.50. The molecule has 0 unspecified atom stereocenters. The van der Waals surface area contributed by atoms with Crippen molar-refractivity contribution in [1.82, 2.24) is 0 Å². The zero-order chi connectivity index (χ0) is 12.7. The maximum absolute atomic E-state index is 10.8. The van der Waals surface area contributed by atoms with Gasteiger partial charge in [0.15, 0.2) is 0 Å². The van der Waals surface area contributed by atoms with Gasteiger partial charge in [-0.1, -0.05) is 26.0 Å². The molecule has 0 N–H and O–H groups in total. The van der Waals surface area contributed by atoms with Crippen molar-refractivity contribution in [3.63, 3.8) is 0 Å². The van der Waals surface area contributed by atoms with E-state index >= 15 is 0 Å². The van der Waals surface area contributed by atoms with Crippen LogP contribution in [-0.2, 0) is 0 Å². The highest BCUT2D eigenvalue weighted by molar-refractivity contribution is 5.63. The number of hydrogen-bond acceptors (Lipinski definition) is 3. The Hall–Kier alpha value is -1.58. The lowest BCUT2D eigenvalue weighted by Crippen LogP contribution is -2.29. The van der Waals surface area contributed by atoms with Crippen LogP contribution in [-0.4, -0.2) is 18.0 Å². The van der Waals surface area contributed by atoms with Gasteiger partial charge in [0, 0.05) is 19.2 Å². The summed E-state index contributed by atoms with van der Waals surface area (Å²) in [7, 11) is 0. The Morgan fingerprint density at radius 2 is 1.71 bits per heavy atom. The third kappa shape index (κ3) is 3.44. The van der Waals surface area contributed by atoms with Gasteiger partial charge in [0.25, 0.3) is 5.69 Å². The Bertz CT molecular complexity index is 360. The molecule has 1 saturated heterocycles. The fourth-order valence-corrected chi connectivity index (χ4v) is 2.02. The molecule has 0 spiro atoms. The Kier molecular flexibility index (Phi) is 5.46. The van der Waals surface area contributed by atoms with Crippen LogP contribution in [0.1, 0.15) is 33.1 Å². The Balaban J connectivity index is 0.000000686. The van der Waals surface area contributed by atoms with Crippen molar-refractivity contribution in [1.29, 1.82) is 0 Å². The topological polar surface area (TPSA) is 46.4 Å². The zero-order valence-electron chi connectivity index (χ0n) is 10.6. The predicted molar refractivity (Wildman–Crippen MR) is 70.5 cm³/mol. The molecular formula is C13H20N2O2. The molecule has 4 heteroatoms. The van der Waals surface area contributed by atoms with Crippen LogP contribution in [0, 0.1) is 10.1 Å². The molecule has 4 nitrogen and oxygen atoms in total. The molecule has 1 aromatic carbocycles. The molecule has 17 heavy (non-hydrogen) atoms. The van der Waals surface area contributed by atoms with Crippen LogP contribution in [0.5, 0.6) is 0 Å². The van der Waals surface area contributed by atoms with E-state index in [4.69, 9.17) is 0 Å². The van der Waals surface area contributed by atoms with E-state index in [-0.39, 0.29) is 10.6 Å². The molecule has 0 aromatic heterocycles. The number of nitro groups is 1. The van der Waals surface area contributed by atoms with Crippen molar-refractivity contribution in [2.45, 2.75) is 33.1 Å². The third-order valence-electron chi connectivity index (χ3n) is 2.78. The Morgan fingerprint density at radius 3 is 2.29 bits per heavy atom. The quantitative estimate of drug-likeness (QED) is 0.582. The number of para-hydroxylation sites is 2. The molecule has 1 aliphatic heterocycles. The van der Waals surface area contributed by atoms with Gasteiger partial charge >= 0.3 is 0 Å². The SMILES string of the molecule is CC.O=[N+]([O-])c1ccccc1N1CCCCC1. The monoisotopic (exact) mass is 236 g/mol. The molecule has 1 heterocycles. The number of rotatable bonds is 2. The zero-order valence-corrected chi connectivity index (χ0v) is 10.6. The molecule has 0 bridgehead atoms. The minimum Gasteiger partial charge on any atom is -0.366 e. The number of nitro benzene ring substituents is 1. The minimum atomic E-state index is -0.302. The van der Waals surface area contributed by atoms with Gasteiger partial charge in [-0.15, -0.1) is 0 Å². The maximum Gasteiger partial charge on any atom is 0.292 e. The average Bonchev–Trinajstić information content (AvgIpc) is 2.42. The largest absolute Gasteiger partial charge is 0.366 e. The van der Waals surface area contributed by atoms with Crippen LogP contribution in [0.15, 0.2) is 24.3 Å². The van der Waals surface area contributed by atoms with E-state index in [0.29, 0.717) is 0 Å². The molecule has 94 valence electrons. The normalized spacial score (nSPS) is 14.8. The molecule has 1 fully saturated rings. The van der Waals surface area contributed by atoms with Crippen molar-refractivity contribution in [2.75, 3.05) is 18.0 Å². The van der Waals surface area contributed by atoms with Gasteiger partial charge in [-0.3, -0.25) is 10.1 Å². The van der Waals surface area contributed by atoms with E-state index in [1.807, 2.05) is 26.0 Å². The summed E-state index contributed by atoms with van der Waals surface area (Å²) < 4.78 is 0. The van der Waals surface area contributed by atoms with E-state index in [1.165, 1.54) is 6.42 Å². The van der Waals surface area contributed by atoms with Crippen LogP contribution in [0.3, 0.4) is 0 Å². The van der Waals surface area contributed by atoms with Crippen molar-refractivity contribution in [3.05, 3.63) is 34.4 Å².